The minimum Gasteiger partial charge on any atom is -0.466 e. The number of carbonyl (C=O) groups excluding carboxylic acids is 3. The maximum absolute atomic E-state index is 11.7. The van der Waals surface area contributed by atoms with Gasteiger partial charge in [0.05, 0.1) is 6.61 Å². The molecular weight excluding hydrogens is 368 g/mol. The number of ketones is 1. The smallest absolute Gasteiger partial charge is 0.306 e. The van der Waals surface area contributed by atoms with Crippen molar-refractivity contribution in [2.75, 3.05) is 6.61 Å². The number of ether oxygens (including phenoxy) is 2. The van der Waals surface area contributed by atoms with Gasteiger partial charge in [-0.2, -0.15) is 0 Å². The maximum Gasteiger partial charge on any atom is 0.306 e. The molecule has 0 N–H and O–H groups in total. The molecule has 0 saturated heterocycles. The zero-order valence-corrected chi connectivity index (χ0v) is 19.1. The second-order valence-electron chi connectivity index (χ2n) is 8.06. The first-order chi connectivity index (χ1) is 14.0. The SMILES string of the molecule is CCCCCCCCCCCCCCOC(=O)CCCCC(=O)OC(C)C(C)=O. The van der Waals surface area contributed by atoms with Crippen LogP contribution in [-0.4, -0.2) is 30.4 Å². The lowest BCUT2D eigenvalue weighted by molar-refractivity contribution is -0.153. The number of Topliss-reactive ketones (excluding diaryl/α,β-unsaturated/α-hetero) is 1. The van der Waals surface area contributed by atoms with Crippen molar-refractivity contribution < 1.29 is 23.9 Å². The number of hydrogen-bond acceptors (Lipinski definition) is 5. The number of hydrogen-bond donors (Lipinski definition) is 0. The van der Waals surface area contributed by atoms with Gasteiger partial charge in [0, 0.05) is 12.8 Å². The third-order valence-electron chi connectivity index (χ3n) is 5.15. The lowest BCUT2D eigenvalue weighted by atomic mass is 10.1. The summed E-state index contributed by atoms with van der Waals surface area (Å²) < 4.78 is 10.2. The second kappa shape index (κ2) is 19.9. The van der Waals surface area contributed by atoms with E-state index in [0.717, 1.165) is 12.8 Å². The van der Waals surface area contributed by atoms with E-state index >= 15 is 0 Å². The van der Waals surface area contributed by atoms with Crippen LogP contribution in [0, 0.1) is 0 Å². The van der Waals surface area contributed by atoms with Gasteiger partial charge in [0.2, 0.25) is 0 Å². The van der Waals surface area contributed by atoms with Crippen molar-refractivity contribution >= 4 is 17.7 Å². The molecular formula is C24H44O5. The Hall–Kier alpha value is -1.39. The molecule has 0 spiro atoms. The Bertz CT molecular complexity index is 433. The van der Waals surface area contributed by atoms with Crippen LogP contribution in [0.1, 0.15) is 124 Å². The van der Waals surface area contributed by atoms with Crippen LogP contribution in [0.2, 0.25) is 0 Å². The van der Waals surface area contributed by atoms with Crippen molar-refractivity contribution in [2.24, 2.45) is 0 Å². The Balaban J connectivity index is 3.34. The molecule has 5 nitrogen and oxygen atoms in total. The average molecular weight is 413 g/mol. The molecule has 0 aromatic carbocycles. The number of unbranched alkanes of at least 4 members (excludes halogenated alkanes) is 12. The fraction of sp³-hybridized carbons (Fsp3) is 0.875. The highest BCUT2D eigenvalue weighted by atomic mass is 16.5. The predicted molar refractivity (Wildman–Crippen MR) is 117 cm³/mol. The number of rotatable bonds is 20. The minimum absolute atomic E-state index is 0.167. The van der Waals surface area contributed by atoms with Crippen LogP contribution >= 0.6 is 0 Å². The van der Waals surface area contributed by atoms with Crippen molar-refractivity contribution in [1.29, 1.82) is 0 Å². The lowest BCUT2D eigenvalue weighted by Crippen LogP contribution is -2.21. The third-order valence-corrected chi connectivity index (χ3v) is 5.15. The van der Waals surface area contributed by atoms with Crippen LogP contribution in [0.4, 0.5) is 0 Å². The summed E-state index contributed by atoms with van der Waals surface area (Å²) in [5, 5.41) is 0. The van der Waals surface area contributed by atoms with E-state index in [1.807, 2.05) is 0 Å². The van der Waals surface area contributed by atoms with Crippen molar-refractivity contribution in [1.82, 2.24) is 0 Å². The molecule has 0 fully saturated rings. The number of carbonyl (C=O) groups is 3. The van der Waals surface area contributed by atoms with Gasteiger partial charge in [-0.3, -0.25) is 14.4 Å². The van der Waals surface area contributed by atoms with Crippen LogP contribution < -0.4 is 0 Å². The van der Waals surface area contributed by atoms with Gasteiger partial charge < -0.3 is 9.47 Å². The van der Waals surface area contributed by atoms with Crippen molar-refractivity contribution in [3.05, 3.63) is 0 Å². The van der Waals surface area contributed by atoms with Gasteiger partial charge in [0.1, 0.15) is 0 Å². The van der Waals surface area contributed by atoms with E-state index in [9.17, 15) is 14.4 Å². The van der Waals surface area contributed by atoms with Gasteiger partial charge in [-0.05, 0) is 33.1 Å². The molecule has 0 radical (unpaired) electrons. The quantitative estimate of drug-likeness (QED) is 0.173. The Morgan fingerprint density at radius 3 is 1.59 bits per heavy atom. The second-order valence-corrected chi connectivity index (χ2v) is 8.06. The van der Waals surface area contributed by atoms with E-state index in [2.05, 4.69) is 6.92 Å². The summed E-state index contributed by atoms with van der Waals surface area (Å²) in [6.07, 6.45) is 16.5. The van der Waals surface area contributed by atoms with E-state index in [0.29, 0.717) is 25.9 Å². The molecule has 0 aromatic rings. The molecule has 0 aromatic heterocycles. The summed E-state index contributed by atoms with van der Waals surface area (Å²) in [7, 11) is 0. The predicted octanol–water partition coefficient (Wildman–Crippen LogP) is 6.31. The summed E-state index contributed by atoms with van der Waals surface area (Å²) in [6, 6.07) is 0. The molecule has 0 rings (SSSR count). The highest BCUT2D eigenvalue weighted by Gasteiger charge is 2.13. The Morgan fingerprint density at radius 2 is 1.10 bits per heavy atom. The fourth-order valence-corrected chi connectivity index (χ4v) is 3.08. The summed E-state index contributed by atoms with van der Waals surface area (Å²) in [6.45, 7) is 5.70. The van der Waals surface area contributed by atoms with E-state index in [1.54, 1.807) is 6.92 Å². The first-order valence-corrected chi connectivity index (χ1v) is 11.8. The van der Waals surface area contributed by atoms with E-state index in [1.165, 1.54) is 71.1 Å². The van der Waals surface area contributed by atoms with Gasteiger partial charge in [0.15, 0.2) is 11.9 Å². The van der Waals surface area contributed by atoms with Crippen LogP contribution in [0.3, 0.4) is 0 Å². The van der Waals surface area contributed by atoms with Crippen LogP contribution in [0.5, 0.6) is 0 Å². The Labute approximate surface area is 178 Å². The Kier molecular flexibility index (Phi) is 19.0. The van der Waals surface area contributed by atoms with Gasteiger partial charge in [-0.25, -0.2) is 0 Å². The third kappa shape index (κ3) is 19.7. The maximum atomic E-state index is 11.7. The fourth-order valence-electron chi connectivity index (χ4n) is 3.08. The highest BCUT2D eigenvalue weighted by Crippen LogP contribution is 2.12. The topological polar surface area (TPSA) is 69.7 Å². The van der Waals surface area contributed by atoms with Crippen LogP contribution in [0.25, 0.3) is 0 Å². The van der Waals surface area contributed by atoms with Gasteiger partial charge in [-0.15, -0.1) is 0 Å². The standard InChI is InChI=1S/C24H44O5/c1-4-5-6-7-8-9-10-11-12-13-14-17-20-28-23(26)18-15-16-19-24(27)29-22(3)21(2)25/h22H,4-20H2,1-3H3. The monoisotopic (exact) mass is 412 g/mol. The van der Waals surface area contributed by atoms with Gasteiger partial charge in [0.25, 0.3) is 0 Å². The van der Waals surface area contributed by atoms with Gasteiger partial charge >= 0.3 is 11.9 Å². The molecule has 0 heterocycles. The molecule has 0 bridgehead atoms. The summed E-state index contributed by atoms with van der Waals surface area (Å²) in [5.41, 5.74) is 0. The van der Waals surface area contributed by atoms with Crippen LogP contribution in [-0.2, 0) is 23.9 Å². The minimum atomic E-state index is -0.692. The molecule has 0 aliphatic heterocycles. The first-order valence-electron chi connectivity index (χ1n) is 11.8. The molecule has 0 amide bonds. The first kappa shape index (κ1) is 27.6. The zero-order chi connectivity index (χ0) is 21.7. The normalized spacial score (nSPS) is 11.8. The molecule has 0 aliphatic carbocycles. The molecule has 1 unspecified atom stereocenters. The molecule has 0 aliphatic rings. The summed E-state index contributed by atoms with van der Waals surface area (Å²) in [4.78, 5) is 34.2. The van der Waals surface area contributed by atoms with E-state index in [4.69, 9.17) is 9.47 Å². The van der Waals surface area contributed by atoms with Gasteiger partial charge in [-0.1, -0.05) is 77.6 Å². The Morgan fingerprint density at radius 1 is 0.655 bits per heavy atom. The molecule has 170 valence electrons. The largest absolute Gasteiger partial charge is 0.466 e. The van der Waals surface area contributed by atoms with Crippen LogP contribution in [0.15, 0.2) is 0 Å². The van der Waals surface area contributed by atoms with E-state index in [-0.39, 0.29) is 18.2 Å². The summed E-state index contributed by atoms with van der Waals surface area (Å²) >= 11 is 0. The van der Waals surface area contributed by atoms with Crippen molar-refractivity contribution in [3.63, 3.8) is 0 Å². The molecule has 29 heavy (non-hydrogen) atoms. The highest BCUT2D eigenvalue weighted by molar-refractivity contribution is 5.83. The summed E-state index contributed by atoms with van der Waals surface area (Å²) in [5.74, 6) is -0.754. The zero-order valence-electron chi connectivity index (χ0n) is 19.1. The van der Waals surface area contributed by atoms with Crippen molar-refractivity contribution in [3.8, 4) is 0 Å². The molecule has 0 saturated carbocycles. The van der Waals surface area contributed by atoms with E-state index < -0.39 is 12.1 Å². The molecule has 1 atom stereocenters. The van der Waals surface area contributed by atoms with Crippen molar-refractivity contribution in [2.45, 2.75) is 130 Å². The molecule has 5 heteroatoms. The average Bonchev–Trinajstić information content (AvgIpc) is 2.68. The lowest BCUT2D eigenvalue weighted by Gasteiger charge is -2.09. The number of esters is 2.